The lowest BCUT2D eigenvalue weighted by Crippen LogP contribution is -2.48. The van der Waals surface area contributed by atoms with E-state index in [2.05, 4.69) is 0 Å². The Morgan fingerprint density at radius 1 is 0.811 bits per heavy atom. The van der Waals surface area contributed by atoms with E-state index < -0.39 is 34.8 Å². The highest BCUT2D eigenvalue weighted by Crippen LogP contribution is 2.43. The first kappa shape index (κ1) is 25.2. The molecule has 190 valence electrons. The molecule has 4 aromatic carbocycles. The molecular formula is C31H29F2NO3. The Labute approximate surface area is 215 Å². The quantitative estimate of drug-likeness (QED) is 0.329. The highest BCUT2D eigenvalue weighted by Gasteiger charge is 2.50. The molecule has 1 fully saturated rings. The number of hydrogen-bond donors (Lipinski definition) is 2. The first-order chi connectivity index (χ1) is 18.0. The smallest absolute Gasteiger partial charge is 0.163 e. The summed E-state index contributed by atoms with van der Waals surface area (Å²) in [6.45, 7) is -0.406. The Kier molecular flexibility index (Phi) is 7.17. The summed E-state index contributed by atoms with van der Waals surface area (Å²) >= 11 is 0. The van der Waals surface area contributed by atoms with Crippen molar-refractivity contribution in [1.82, 2.24) is 0 Å². The van der Waals surface area contributed by atoms with Gasteiger partial charge in [0.2, 0.25) is 0 Å². The van der Waals surface area contributed by atoms with Gasteiger partial charge in [0.05, 0.1) is 31.5 Å². The average molecular weight is 502 g/mol. The van der Waals surface area contributed by atoms with E-state index in [1.165, 1.54) is 12.1 Å². The number of rotatable bonds is 8. The average Bonchev–Trinajstić information content (AvgIpc) is 3.28. The lowest BCUT2D eigenvalue weighted by atomic mass is 9.78. The molecule has 0 aromatic heterocycles. The van der Waals surface area contributed by atoms with Crippen molar-refractivity contribution < 1.29 is 23.4 Å². The van der Waals surface area contributed by atoms with E-state index in [-0.39, 0.29) is 25.4 Å². The van der Waals surface area contributed by atoms with E-state index >= 15 is 0 Å². The molecule has 1 heterocycles. The standard InChI is InChI=1S/C31H29F2NO3/c32-27-18-10-17-25(29(27)33)30(34)21-36-28(26(30)19-35)20-37-31(22-11-4-1-5-12-22,23-13-6-2-7-14-23)24-15-8-3-9-16-24/h1-18,26,28,35H,19-21,34H2. The van der Waals surface area contributed by atoms with E-state index in [9.17, 15) is 13.9 Å². The molecule has 1 aliphatic heterocycles. The Bertz CT molecular complexity index is 1220. The van der Waals surface area contributed by atoms with Gasteiger partial charge in [-0.1, -0.05) is 103 Å². The fourth-order valence-electron chi connectivity index (χ4n) is 5.36. The Morgan fingerprint density at radius 3 is 1.81 bits per heavy atom. The zero-order chi connectivity index (χ0) is 25.9. The molecule has 0 saturated carbocycles. The molecular weight excluding hydrogens is 472 g/mol. The van der Waals surface area contributed by atoms with E-state index in [1.807, 2.05) is 91.0 Å². The van der Waals surface area contributed by atoms with Crippen molar-refractivity contribution in [2.45, 2.75) is 17.2 Å². The maximum absolute atomic E-state index is 14.8. The van der Waals surface area contributed by atoms with Crippen molar-refractivity contribution in [1.29, 1.82) is 0 Å². The van der Waals surface area contributed by atoms with Crippen molar-refractivity contribution in [2.24, 2.45) is 11.7 Å². The number of nitrogens with two attached hydrogens (primary N) is 1. The van der Waals surface area contributed by atoms with Crippen LogP contribution in [0.5, 0.6) is 0 Å². The molecule has 4 nitrogen and oxygen atoms in total. The van der Waals surface area contributed by atoms with Crippen LogP contribution in [-0.4, -0.2) is 31.0 Å². The van der Waals surface area contributed by atoms with Gasteiger partial charge in [0.15, 0.2) is 11.6 Å². The molecule has 3 N–H and O–H groups in total. The van der Waals surface area contributed by atoms with Crippen LogP contribution >= 0.6 is 0 Å². The summed E-state index contributed by atoms with van der Waals surface area (Å²) in [4.78, 5) is 0. The topological polar surface area (TPSA) is 64.7 Å². The van der Waals surface area contributed by atoms with Gasteiger partial charge in [0, 0.05) is 11.5 Å². The predicted octanol–water partition coefficient (Wildman–Crippen LogP) is 5.13. The molecule has 6 heteroatoms. The summed E-state index contributed by atoms with van der Waals surface area (Å²) in [5, 5.41) is 10.3. The van der Waals surface area contributed by atoms with Gasteiger partial charge >= 0.3 is 0 Å². The monoisotopic (exact) mass is 501 g/mol. The molecule has 0 amide bonds. The lowest BCUT2D eigenvalue weighted by Gasteiger charge is -2.37. The summed E-state index contributed by atoms with van der Waals surface area (Å²) in [7, 11) is 0. The zero-order valence-electron chi connectivity index (χ0n) is 20.3. The molecule has 4 aromatic rings. The molecule has 3 unspecified atom stereocenters. The van der Waals surface area contributed by atoms with Gasteiger partial charge in [-0.2, -0.15) is 0 Å². The zero-order valence-corrected chi connectivity index (χ0v) is 20.3. The molecule has 0 spiro atoms. The number of aliphatic hydroxyl groups is 1. The van der Waals surface area contributed by atoms with Gasteiger partial charge in [-0.3, -0.25) is 0 Å². The summed E-state index contributed by atoms with van der Waals surface area (Å²) in [6.07, 6.45) is -0.659. The van der Waals surface area contributed by atoms with E-state index in [1.54, 1.807) is 0 Å². The SMILES string of the molecule is NC1(c2cccc(F)c2F)COC(COC(c2ccccc2)(c2ccccc2)c2ccccc2)C1CO. The second-order valence-corrected chi connectivity index (χ2v) is 9.37. The van der Waals surface area contributed by atoms with Crippen LogP contribution in [0, 0.1) is 17.6 Å². The van der Waals surface area contributed by atoms with Gasteiger partial charge < -0.3 is 20.3 Å². The van der Waals surface area contributed by atoms with Gasteiger partial charge in [-0.05, 0) is 22.8 Å². The molecule has 37 heavy (non-hydrogen) atoms. The summed E-state index contributed by atoms with van der Waals surface area (Å²) in [5.74, 6) is -2.74. The fraction of sp³-hybridized carbons (Fsp3) is 0.226. The summed E-state index contributed by atoms with van der Waals surface area (Å²) < 4.78 is 41.6. The molecule has 5 rings (SSSR count). The van der Waals surface area contributed by atoms with E-state index in [4.69, 9.17) is 15.2 Å². The second kappa shape index (κ2) is 10.5. The third-order valence-corrected chi connectivity index (χ3v) is 7.30. The Hall–Kier alpha value is -3.42. The van der Waals surface area contributed by atoms with Crippen molar-refractivity contribution in [3.63, 3.8) is 0 Å². The van der Waals surface area contributed by atoms with Crippen molar-refractivity contribution in [2.75, 3.05) is 19.8 Å². The summed E-state index contributed by atoms with van der Waals surface area (Å²) in [5.41, 5.74) is 6.95. The molecule has 0 aliphatic carbocycles. The number of ether oxygens (including phenoxy) is 2. The molecule has 0 bridgehead atoms. The van der Waals surface area contributed by atoms with Crippen LogP contribution in [0.1, 0.15) is 22.3 Å². The highest BCUT2D eigenvalue weighted by molar-refractivity contribution is 5.47. The second-order valence-electron chi connectivity index (χ2n) is 9.37. The van der Waals surface area contributed by atoms with E-state index in [0.29, 0.717) is 0 Å². The number of halogens is 2. The lowest BCUT2D eigenvalue weighted by molar-refractivity contribution is -0.0603. The molecule has 0 radical (unpaired) electrons. The van der Waals surface area contributed by atoms with Gasteiger partial charge in [-0.25, -0.2) is 8.78 Å². The fourth-order valence-corrected chi connectivity index (χ4v) is 5.36. The third kappa shape index (κ3) is 4.47. The number of hydrogen-bond acceptors (Lipinski definition) is 4. The normalized spacial score (nSPS) is 21.7. The molecule has 1 aliphatic rings. The van der Waals surface area contributed by atoms with Crippen LogP contribution in [0.4, 0.5) is 8.78 Å². The van der Waals surface area contributed by atoms with Crippen molar-refractivity contribution in [3.05, 3.63) is 143 Å². The van der Waals surface area contributed by atoms with Gasteiger partial charge in [0.25, 0.3) is 0 Å². The van der Waals surface area contributed by atoms with E-state index in [0.717, 1.165) is 22.8 Å². The van der Waals surface area contributed by atoms with Crippen LogP contribution in [0.2, 0.25) is 0 Å². The maximum Gasteiger partial charge on any atom is 0.163 e. The Morgan fingerprint density at radius 2 is 1.32 bits per heavy atom. The van der Waals surface area contributed by atoms with Crippen LogP contribution in [0.3, 0.4) is 0 Å². The van der Waals surface area contributed by atoms with Crippen molar-refractivity contribution in [3.8, 4) is 0 Å². The third-order valence-electron chi connectivity index (χ3n) is 7.30. The van der Waals surface area contributed by atoms with Crippen LogP contribution in [-0.2, 0) is 20.6 Å². The van der Waals surface area contributed by atoms with Crippen LogP contribution in [0.15, 0.2) is 109 Å². The largest absolute Gasteiger partial charge is 0.396 e. The van der Waals surface area contributed by atoms with Gasteiger partial charge in [0.1, 0.15) is 5.60 Å². The first-order valence-electron chi connectivity index (χ1n) is 12.3. The Balaban J connectivity index is 1.55. The number of aliphatic hydroxyl groups excluding tert-OH is 1. The maximum atomic E-state index is 14.8. The highest BCUT2D eigenvalue weighted by atomic mass is 19.2. The van der Waals surface area contributed by atoms with Crippen molar-refractivity contribution >= 4 is 0 Å². The molecule has 1 saturated heterocycles. The summed E-state index contributed by atoms with van der Waals surface area (Å²) in [6, 6.07) is 33.5. The first-order valence-corrected chi connectivity index (χ1v) is 12.3. The minimum atomic E-state index is -1.41. The van der Waals surface area contributed by atoms with Crippen LogP contribution < -0.4 is 5.73 Å². The minimum absolute atomic E-state index is 0.0190. The number of benzene rings is 4. The molecule has 3 atom stereocenters. The van der Waals surface area contributed by atoms with Gasteiger partial charge in [-0.15, -0.1) is 0 Å². The minimum Gasteiger partial charge on any atom is -0.396 e. The predicted molar refractivity (Wildman–Crippen MR) is 138 cm³/mol. The van der Waals surface area contributed by atoms with Crippen LogP contribution in [0.25, 0.3) is 0 Å².